The molecule has 0 saturated heterocycles. The number of aromatic hydroxyl groups is 1. The van der Waals surface area contributed by atoms with E-state index < -0.39 is 26.8 Å². The molecule has 15 nitrogen and oxygen atoms in total. The fourth-order valence-corrected chi connectivity index (χ4v) is 5.48. The number of rotatable bonds is 12. The lowest BCUT2D eigenvalue weighted by Gasteiger charge is -2.21. The molecule has 0 atom stereocenters. The van der Waals surface area contributed by atoms with Gasteiger partial charge in [0.15, 0.2) is 5.75 Å². The van der Waals surface area contributed by atoms with Crippen LogP contribution in [-0.2, 0) is 19.5 Å². The summed E-state index contributed by atoms with van der Waals surface area (Å²) < 4.78 is 57.6. The Morgan fingerprint density at radius 3 is 2.50 bits per heavy atom. The second-order valence-corrected chi connectivity index (χ2v) is 11.3. The summed E-state index contributed by atoms with van der Waals surface area (Å²) in [6, 6.07) is 19.1. The van der Waals surface area contributed by atoms with Gasteiger partial charge in [0.1, 0.15) is 22.0 Å². The molecule has 0 aliphatic carbocycles. The molecule has 0 aliphatic rings. The highest BCUT2D eigenvalue weighted by Gasteiger charge is 2.20. The van der Waals surface area contributed by atoms with Crippen LogP contribution in [0.15, 0.2) is 92.8 Å². The number of hydrogen-bond acceptors (Lipinski definition) is 15. The third-order valence-electron chi connectivity index (χ3n) is 6.39. The first-order chi connectivity index (χ1) is 22.1. The van der Waals surface area contributed by atoms with Crippen LogP contribution in [0.5, 0.6) is 11.5 Å². The van der Waals surface area contributed by atoms with Gasteiger partial charge in [-0.3, -0.25) is 4.55 Å². The SMILES string of the molecule is CCN(c1ccccc1)c1nc(F)nc(Nc2ccc3c(O)c(N=Nc4ccc(OC)cc4S(=O)(=O)O)c(SOOO)cc3c2)n1. The van der Waals surface area contributed by atoms with Crippen molar-refractivity contribution < 1.29 is 41.8 Å². The van der Waals surface area contributed by atoms with Crippen molar-refractivity contribution >= 4 is 67.6 Å². The Bertz CT molecular complexity index is 2020. The van der Waals surface area contributed by atoms with Crippen molar-refractivity contribution in [3.8, 4) is 11.5 Å². The second kappa shape index (κ2) is 14.0. The van der Waals surface area contributed by atoms with E-state index in [0.717, 1.165) is 11.8 Å². The number of para-hydroxylation sites is 1. The summed E-state index contributed by atoms with van der Waals surface area (Å²) in [5, 5.41) is 35.1. The van der Waals surface area contributed by atoms with Crippen LogP contribution in [0, 0.1) is 6.08 Å². The minimum absolute atomic E-state index is 0.0772. The van der Waals surface area contributed by atoms with Gasteiger partial charge in [-0.25, -0.2) is 5.26 Å². The maximum Gasteiger partial charge on any atom is 0.315 e. The van der Waals surface area contributed by atoms with Crippen LogP contribution in [-0.4, -0.2) is 51.9 Å². The summed E-state index contributed by atoms with van der Waals surface area (Å²) in [4.78, 5) is 13.2. The number of methoxy groups -OCH3 is 1. The monoisotopic (exact) mass is 669 g/mol. The number of nitrogens with zero attached hydrogens (tertiary/aromatic N) is 6. The van der Waals surface area contributed by atoms with Crippen LogP contribution in [0.4, 0.5) is 39.0 Å². The lowest BCUT2D eigenvalue weighted by atomic mass is 10.1. The van der Waals surface area contributed by atoms with Crippen LogP contribution in [0.1, 0.15) is 6.92 Å². The molecule has 0 radical (unpaired) electrons. The van der Waals surface area contributed by atoms with E-state index in [0.29, 0.717) is 29.7 Å². The van der Waals surface area contributed by atoms with Crippen molar-refractivity contribution in [2.75, 3.05) is 23.9 Å². The zero-order valence-electron chi connectivity index (χ0n) is 23.9. The Kier molecular flexibility index (Phi) is 9.85. The Balaban J connectivity index is 1.51. The molecule has 4 aromatic carbocycles. The molecule has 5 rings (SSSR count). The van der Waals surface area contributed by atoms with Crippen molar-refractivity contribution in [3.63, 3.8) is 0 Å². The van der Waals surface area contributed by atoms with Crippen LogP contribution in [0.25, 0.3) is 10.8 Å². The molecule has 0 amide bonds. The largest absolute Gasteiger partial charge is 0.505 e. The van der Waals surface area contributed by atoms with Crippen LogP contribution >= 0.6 is 12.0 Å². The molecular formula is C28H24FN7O8S2. The Hall–Kier alpha value is -4.98. The fraction of sp³-hybridized carbons (Fsp3) is 0.107. The molecular weight excluding hydrogens is 645 g/mol. The lowest BCUT2D eigenvalue weighted by molar-refractivity contribution is -0.432. The summed E-state index contributed by atoms with van der Waals surface area (Å²) in [5.41, 5.74) is 0.732. The minimum Gasteiger partial charge on any atom is -0.505 e. The Labute approximate surface area is 265 Å². The predicted octanol–water partition coefficient (Wildman–Crippen LogP) is 6.87. The first kappa shape index (κ1) is 32.4. The predicted molar refractivity (Wildman–Crippen MR) is 165 cm³/mol. The Morgan fingerprint density at radius 1 is 1.02 bits per heavy atom. The molecule has 0 fully saturated rings. The van der Waals surface area contributed by atoms with Gasteiger partial charge in [-0.05, 0) is 60.8 Å². The molecule has 0 saturated carbocycles. The summed E-state index contributed by atoms with van der Waals surface area (Å²) >= 11 is 0.462. The van der Waals surface area contributed by atoms with E-state index in [1.807, 2.05) is 37.3 Å². The third kappa shape index (κ3) is 7.28. The number of benzene rings is 4. The van der Waals surface area contributed by atoms with Gasteiger partial charge in [-0.1, -0.05) is 23.2 Å². The van der Waals surface area contributed by atoms with E-state index in [1.54, 1.807) is 17.0 Å². The second-order valence-electron chi connectivity index (χ2n) is 9.18. The topological polar surface area (TPSA) is 201 Å². The number of azo groups is 1. The average Bonchev–Trinajstić information content (AvgIpc) is 3.03. The zero-order valence-corrected chi connectivity index (χ0v) is 25.5. The standard InChI is InChI=1S/C28H24FN7O8S2/c1-3-36(18-7-5-4-6-8-18)28-32-26(29)31-27(33-28)30-17-9-11-20-16(13-17)14-22(45-44-43-38)24(25(20)37)35-34-21-12-10-19(42-2)15-23(21)46(39,40)41/h4-15,37-38H,3H2,1-2H3,(H,39,40,41)(H,30,31,32,33). The van der Waals surface area contributed by atoms with Crippen LogP contribution in [0.3, 0.4) is 0 Å². The molecule has 0 bridgehead atoms. The van der Waals surface area contributed by atoms with E-state index in [-0.39, 0.29) is 39.3 Å². The normalized spacial score (nSPS) is 11.7. The van der Waals surface area contributed by atoms with Gasteiger partial charge in [-0.2, -0.15) is 27.8 Å². The van der Waals surface area contributed by atoms with E-state index in [1.165, 1.54) is 31.4 Å². The number of ether oxygens (including phenoxy) is 1. The fourth-order valence-electron chi connectivity index (χ4n) is 4.35. The highest BCUT2D eigenvalue weighted by molar-refractivity contribution is 7.94. The number of phenolic OH excluding ortho intramolecular Hbond substituents is 1. The van der Waals surface area contributed by atoms with Gasteiger partial charge in [0, 0.05) is 29.4 Å². The molecule has 1 heterocycles. The molecule has 0 spiro atoms. The van der Waals surface area contributed by atoms with Gasteiger partial charge in [-0.15, -0.1) is 14.6 Å². The highest BCUT2D eigenvalue weighted by atomic mass is 32.2. The molecule has 4 N–H and O–H groups in total. The van der Waals surface area contributed by atoms with Gasteiger partial charge in [0.25, 0.3) is 10.1 Å². The van der Waals surface area contributed by atoms with E-state index >= 15 is 0 Å². The van der Waals surface area contributed by atoms with Gasteiger partial charge in [0.2, 0.25) is 11.9 Å². The van der Waals surface area contributed by atoms with Crippen LogP contribution in [0.2, 0.25) is 0 Å². The van der Waals surface area contributed by atoms with Crippen molar-refractivity contribution in [1.82, 2.24) is 15.0 Å². The Morgan fingerprint density at radius 2 is 1.80 bits per heavy atom. The number of nitrogens with one attached hydrogen (secondary N) is 1. The average molecular weight is 670 g/mol. The first-order valence-corrected chi connectivity index (χ1v) is 15.3. The number of hydrogen-bond donors (Lipinski definition) is 4. The van der Waals surface area contributed by atoms with Crippen molar-refractivity contribution in [1.29, 1.82) is 0 Å². The number of phenols is 1. The summed E-state index contributed by atoms with van der Waals surface area (Å²) in [7, 11) is -3.41. The quantitative estimate of drug-likeness (QED) is 0.0352. The highest BCUT2D eigenvalue weighted by Crippen LogP contribution is 2.45. The summed E-state index contributed by atoms with van der Waals surface area (Å²) in [5.74, 6) is -0.240. The molecule has 46 heavy (non-hydrogen) atoms. The van der Waals surface area contributed by atoms with E-state index in [2.05, 4.69) is 39.9 Å². The number of anilines is 4. The van der Waals surface area contributed by atoms with Gasteiger partial charge >= 0.3 is 6.08 Å². The number of fused-ring (bicyclic) bond motifs is 1. The lowest BCUT2D eigenvalue weighted by Crippen LogP contribution is -2.20. The van der Waals surface area contributed by atoms with Crippen molar-refractivity contribution in [3.05, 3.63) is 78.9 Å². The number of aromatic nitrogens is 3. The van der Waals surface area contributed by atoms with Crippen molar-refractivity contribution in [2.24, 2.45) is 10.2 Å². The molecule has 0 aliphatic heterocycles. The summed E-state index contributed by atoms with van der Waals surface area (Å²) in [6.45, 7) is 2.33. The molecule has 238 valence electrons. The van der Waals surface area contributed by atoms with E-state index in [9.17, 15) is 22.5 Å². The number of halogens is 1. The van der Waals surface area contributed by atoms with E-state index in [4.69, 9.17) is 9.99 Å². The minimum atomic E-state index is -4.72. The molecule has 18 heteroatoms. The molecule has 5 aromatic rings. The molecule has 1 aromatic heterocycles. The van der Waals surface area contributed by atoms with Gasteiger partial charge in [0.05, 0.1) is 24.0 Å². The van der Waals surface area contributed by atoms with Crippen molar-refractivity contribution in [2.45, 2.75) is 16.7 Å². The first-order valence-electron chi connectivity index (χ1n) is 13.1. The third-order valence-corrected chi connectivity index (χ3v) is 7.89. The van der Waals surface area contributed by atoms with Crippen LogP contribution < -0.4 is 15.0 Å². The maximum atomic E-state index is 14.5. The van der Waals surface area contributed by atoms with Gasteiger partial charge < -0.3 is 20.1 Å². The molecule has 0 unspecified atom stereocenters. The zero-order chi connectivity index (χ0) is 32.8. The smallest absolute Gasteiger partial charge is 0.315 e. The maximum absolute atomic E-state index is 14.5. The summed E-state index contributed by atoms with van der Waals surface area (Å²) in [6.07, 6.45) is -0.996.